The molecule has 5 nitrogen and oxygen atoms in total. The van der Waals surface area contributed by atoms with Gasteiger partial charge >= 0.3 is 0 Å². The minimum absolute atomic E-state index is 0.248. The van der Waals surface area contributed by atoms with Gasteiger partial charge in [-0.3, -0.25) is 4.79 Å². The standard InChI is InChI=1S/C16H19ClN4O/c1-21(2)10-9-18-14-7-8-15(19-11-14)16(22)20-13-5-3-12(17)4-6-13/h3-8,11,18H,9-10H2,1-2H3,(H,20,22). The number of aromatic nitrogens is 1. The molecule has 0 aliphatic rings. The van der Waals surface area contributed by atoms with Crippen LogP contribution < -0.4 is 10.6 Å². The Morgan fingerprint density at radius 2 is 1.82 bits per heavy atom. The van der Waals surface area contributed by atoms with Crippen molar-refractivity contribution in [3.8, 4) is 0 Å². The Balaban J connectivity index is 1.91. The Kier molecular flexibility index (Phi) is 5.75. The van der Waals surface area contributed by atoms with Crippen molar-refractivity contribution in [1.82, 2.24) is 9.88 Å². The van der Waals surface area contributed by atoms with Crippen molar-refractivity contribution >= 4 is 28.9 Å². The number of carbonyl (C=O) groups excluding carboxylic acids is 1. The van der Waals surface area contributed by atoms with Gasteiger partial charge in [0.1, 0.15) is 5.69 Å². The highest BCUT2D eigenvalue weighted by Gasteiger charge is 2.07. The number of halogens is 1. The second kappa shape index (κ2) is 7.77. The van der Waals surface area contributed by atoms with Crippen LogP contribution in [0.4, 0.5) is 11.4 Å². The average molecular weight is 319 g/mol. The van der Waals surface area contributed by atoms with E-state index in [0.29, 0.717) is 16.4 Å². The fourth-order valence-corrected chi connectivity index (χ4v) is 1.91. The van der Waals surface area contributed by atoms with Gasteiger partial charge in [-0.2, -0.15) is 0 Å². The lowest BCUT2D eigenvalue weighted by molar-refractivity contribution is 0.102. The predicted molar refractivity (Wildman–Crippen MR) is 90.7 cm³/mol. The highest BCUT2D eigenvalue weighted by molar-refractivity contribution is 6.30. The molecule has 0 atom stereocenters. The van der Waals surface area contributed by atoms with E-state index in [0.717, 1.165) is 18.8 Å². The van der Waals surface area contributed by atoms with Gasteiger partial charge in [-0.05, 0) is 50.5 Å². The van der Waals surface area contributed by atoms with E-state index in [1.54, 1.807) is 36.5 Å². The molecule has 1 amide bonds. The Morgan fingerprint density at radius 1 is 1.14 bits per heavy atom. The Bertz CT molecular complexity index is 611. The monoisotopic (exact) mass is 318 g/mol. The second-order valence-corrected chi connectivity index (χ2v) is 5.56. The molecule has 0 saturated carbocycles. The van der Waals surface area contributed by atoms with Crippen LogP contribution in [0.2, 0.25) is 5.02 Å². The highest BCUT2D eigenvalue weighted by atomic mass is 35.5. The number of benzene rings is 1. The molecule has 0 spiro atoms. The number of pyridine rings is 1. The minimum Gasteiger partial charge on any atom is -0.383 e. The molecule has 0 aliphatic heterocycles. The van der Waals surface area contributed by atoms with E-state index >= 15 is 0 Å². The summed E-state index contributed by atoms with van der Waals surface area (Å²) < 4.78 is 0. The fraction of sp³-hybridized carbons (Fsp3) is 0.250. The maximum atomic E-state index is 12.1. The molecular weight excluding hydrogens is 300 g/mol. The smallest absolute Gasteiger partial charge is 0.274 e. The number of nitrogens with zero attached hydrogens (tertiary/aromatic N) is 2. The molecule has 2 rings (SSSR count). The summed E-state index contributed by atoms with van der Waals surface area (Å²) in [4.78, 5) is 18.3. The molecule has 1 aromatic heterocycles. The van der Waals surface area contributed by atoms with Crippen molar-refractivity contribution in [2.75, 3.05) is 37.8 Å². The van der Waals surface area contributed by atoms with Crippen molar-refractivity contribution in [3.63, 3.8) is 0 Å². The normalized spacial score (nSPS) is 10.5. The van der Waals surface area contributed by atoms with Crippen LogP contribution in [0.15, 0.2) is 42.6 Å². The van der Waals surface area contributed by atoms with Crippen molar-refractivity contribution in [3.05, 3.63) is 53.3 Å². The van der Waals surface area contributed by atoms with E-state index in [1.807, 2.05) is 20.2 Å². The van der Waals surface area contributed by atoms with Gasteiger partial charge < -0.3 is 15.5 Å². The maximum Gasteiger partial charge on any atom is 0.274 e. The first-order chi connectivity index (χ1) is 10.5. The molecule has 1 heterocycles. The SMILES string of the molecule is CN(C)CCNc1ccc(C(=O)Nc2ccc(Cl)cc2)nc1. The van der Waals surface area contributed by atoms with Gasteiger partial charge in [0, 0.05) is 23.8 Å². The third-order valence-electron chi connectivity index (χ3n) is 2.99. The average Bonchev–Trinajstić information content (AvgIpc) is 2.50. The molecule has 1 aromatic carbocycles. The van der Waals surface area contributed by atoms with Gasteiger partial charge in [0.25, 0.3) is 5.91 Å². The fourth-order valence-electron chi connectivity index (χ4n) is 1.78. The van der Waals surface area contributed by atoms with Gasteiger partial charge in [0.2, 0.25) is 0 Å². The number of likely N-dealkylation sites (N-methyl/N-ethyl adjacent to an activating group) is 1. The van der Waals surface area contributed by atoms with Gasteiger partial charge in [-0.25, -0.2) is 4.98 Å². The van der Waals surface area contributed by atoms with E-state index in [1.165, 1.54) is 0 Å². The van der Waals surface area contributed by atoms with Crippen LogP contribution in [-0.4, -0.2) is 43.0 Å². The van der Waals surface area contributed by atoms with Crippen molar-refractivity contribution < 1.29 is 4.79 Å². The highest BCUT2D eigenvalue weighted by Crippen LogP contribution is 2.14. The van der Waals surface area contributed by atoms with Crippen LogP contribution in [0.25, 0.3) is 0 Å². The van der Waals surface area contributed by atoms with Crippen LogP contribution >= 0.6 is 11.6 Å². The molecule has 2 aromatic rings. The number of nitrogens with one attached hydrogen (secondary N) is 2. The maximum absolute atomic E-state index is 12.1. The zero-order valence-corrected chi connectivity index (χ0v) is 13.4. The molecule has 0 unspecified atom stereocenters. The van der Waals surface area contributed by atoms with E-state index < -0.39 is 0 Å². The molecular formula is C16H19ClN4O. The van der Waals surface area contributed by atoms with Crippen LogP contribution in [0.1, 0.15) is 10.5 Å². The third kappa shape index (κ3) is 5.02. The predicted octanol–water partition coefficient (Wildman–Crippen LogP) is 2.96. The van der Waals surface area contributed by atoms with Gasteiger partial charge in [0.15, 0.2) is 0 Å². The summed E-state index contributed by atoms with van der Waals surface area (Å²) in [6.45, 7) is 1.75. The quantitative estimate of drug-likeness (QED) is 0.859. The molecule has 0 saturated heterocycles. The zero-order chi connectivity index (χ0) is 15.9. The number of anilines is 2. The Labute approximate surface area is 135 Å². The topological polar surface area (TPSA) is 57.3 Å². The van der Waals surface area contributed by atoms with Gasteiger partial charge in [-0.1, -0.05) is 11.6 Å². The molecule has 0 bridgehead atoms. The first-order valence-electron chi connectivity index (χ1n) is 6.96. The summed E-state index contributed by atoms with van der Waals surface area (Å²) >= 11 is 5.81. The lowest BCUT2D eigenvalue weighted by atomic mass is 10.3. The summed E-state index contributed by atoms with van der Waals surface area (Å²) in [6.07, 6.45) is 1.66. The van der Waals surface area contributed by atoms with Crippen LogP contribution in [0.3, 0.4) is 0 Å². The molecule has 22 heavy (non-hydrogen) atoms. The lowest BCUT2D eigenvalue weighted by Crippen LogP contribution is -2.21. The Morgan fingerprint density at radius 3 is 2.41 bits per heavy atom. The van der Waals surface area contributed by atoms with Gasteiger partial charge in [0.05, 0.1) is 11.9 Å². The van der Waals surface area contributed by atoms with E-state index in [4.69, 9.17) is 11.6 Å². The third-order valence-corrected chi connectivity index (χ3v) is 3.24. The number of hydrogen-bond acceptors (Lipinski definition) is 4. The molecule has 0 aliphatic carbocycles. The number of amides is 1. The van der Waals surface area contributed by atoms with E-state index in [-0.39, 0.29) is 5.91 Å². The summed E-state index contributed by atoms with van der Waals surface area (Å²) in [5.41, 5.74) is 1.95. The summed E-state index contributed by atoms with van der Waals surface area (Å²) in [7, 11) is 4.04. The molecule has 2 N–H and O–H groups in total. The molecule has 116 valence electrons. The number of hydrogen-bond donors (Lipinski definition) is 2. The second-order valence-electron chi connectivity index (χ2n) is 5.12. The van der Waals surface area contributed by atoms with Crippen LogP contribution in [0, 0.1) is 0 Å². The van der Waals surface area contributed by atoms with Crippen LogP contribution in [-0.2, 0) is 0 Å². The first-order valence-corrected chi connectivity index (χ1v) is 7.34. The number of rotatable bonds is 6. The van der Waals surface area contributed by atoms with Crippen molar-refractivity contribution in [1.29, 1.82) is 0 Å². The van der Waals surface area contributed by atoms with E-state index in [9.17, 15) is 4.79 Å². The molecule has 0 radical (unpaired) electrons. The molecule has 6 heteroatoms. The molecule has 0 fully saturated rings. The number of carbonyl (C=O) groups is 1. The Hall–Kier alpha value is -2.11. The van der Waals surface area contributed by atoms with Crippen molar-refractivity contribution in [2.24, 2.45) is 0 Å². The van der Waals surface area contributed by atoms with Crippen molar-refractivity contribution in [2.45, 2.75) is 0 Å². The largest absolute Gasteiger partial charge is 0.383 e. The van der Waals surface area contributed by atoms with Gasteiger partial charge in [-0.15, -0.1) is 0 Å². The zero-order valence-electron chi connectivity index (χ0n) is 12.6. The van der Waals surface area contributed by atoms with E-state index in [2.05, 4.69) is 20.5 Å². The lowest BCUT2D eigenvalue weighted by Gasteiger charge is -2.11. The summed E-state index contributed by atoms with van der Waals surface area (Å²) in [6, 6.07) is 10.5. The van der Waals surface area contributed by atoms with Crippen LogP contribution in [0.5, 0.6) is 0 Å². The summed E-state index contributed by atoms with van der Waals surface area (Å²) in [5, 5.41) is 6.65. The first kappa shape index (κ1) is 16.3. The minimum atomic E-state index is -0.248. The summed E-state index contributed by atoms with van der Waals surface area (Å²) in [5.74, 6) is -0.248.